The molecular weight excluding hydrogens is 178 g/mol. The van der Waals surface area contributed by atoms with Gasteiger partial charge < -0.3 is 5.32 Å². The molecule has 0 atom stereocenters. The first-order valence-electron chi connectivity index (χ1n) is 5.34. The average Bonchev–Trinajstić information content (AvgIpc) is 3.03. The highest BCUT2D eigenvalue weighted by Gasteiger charge is 2.62. The third-order valence-corrected chi connectivity index (χ3v) is 3.60. The monoisotopic (exact) mass is 193 g/mol. The van der Waals surface area contributed by atoms with Crippen LogP contribution in [0.15, 0.2) is 4.99 Å². The number of amides is 1. The summed E-state index contributed by atoms with van der Waals surface area (Å²) in [5, 5.41) is 6.15. The summed E-state index contributed by atoms with van der Waals surface area (Å²) in [6, 6.07) is 0. The molecule has 0 radical (unpaired) electrons. The number of nitrogens with one attached hydrogen (secondary N) is 2. The first-order valence-corrected chi connectivity index (χ1v) is 5.34. The van der Waals surface area contributed by atoms with Gasteiger partial charge in [-0.25, -0.2) is 0 Å². The standard InChI is InChI=1S/C10H15N3O/c1-11-9-12-8(14)10(13-9,6-2-3-6)7-4-5-7/h6-7H,2-5H2,1H3,(H2,11,12,13,14). The molecule has 1 saturated heterocycles. The summed E-state index contributed by atoms with van der Waals surface area (Å²) >= 11 is 0. The highest BCUT2D eigenvalue weighted by atomic mass is 16.2. The predicted octanol–water partition coefficient (Wildman–Crippen LogP) is 0.250. The van der Waals surface area contributed by atoms with Gasteiger partial charge in [0.15, 0.2) is 5.96 Å². The van der Waals surface area contributed by atoms with Crippen molar-refractivity contribution in [3.05, 3.63) is 0 Å². The molecule has 76 valence electrons. The van der Waals surface area contributed by atoms with Crippen LogP contribution in [0.1, 0.15) is 25.7 Å². The van der Waals surface area contributed by atoms with E-state index in [1.807, 2.05) is 0 Å². The maximum absolute atomic E-state index is 12.0. The minimum atomic E-state index is -0.283. The van der Waals surface area contributed by atoms with E-state index in [-0.39, 0.29) is 11.4 Å². The zero-order valence-electron chi connectivity index (χ0n) is 8.34. The molecule has 0 aromatic rings. The highest BCUT2D eigenvalue weighted by Crippen LogP contribution is 2.53. The van der Waals surface area contributed by atoms with E-state index in [0.717, 1.165) is 0 Å². The van der Waals surface area contributed by atoms with Crippen molar-refractivity contribution in [3.8, 4) is 0 Å². The van der Waals surface area contributed by atoms with Crippen molar-refractivity contribution >= 4 is 11.9 Å². The molecule has 0 aromatic carbocycles. The van der Waals surface area contributed by atoms with Crippen molar-refractivity contribution in [1.29, 1.82) is 0 Å². The smallest absolute Gasteiger partial charge is 0.252 e. The zero-order chi connectivity index (χ0) is 9.76. The zero-order valence-corrected chi connectivity index (χ0v) is 8.34. The molecule has 3 rings (SSSR count). The molecule has 3 fully saturated rings. The molecule has 0 spiro atoms. The topological polar surface area (TPSA) is 53.5 Å². The van der Waals surface area contributed by atoms with E-state index in [1.54, 1.807) is 7.05 Å². The fraction of sp³-hybridized carbons (Fsp3) is 0.800. The summed E-state index contributed by atoms with van der Waals surface area (Å²) in [6.07, 6.45) is 4.75. The maximum Gasteiger partial charge on any atom is 0.252 e. The lowest BCUT2D eigenvalue weighted by Crippen LogP contribution is -2.51. The Bertz CT molecular complexity index is 303. The number of hydrogen-bond donors (Lipinski definition) is 2. The third-order valence-electron chi connectivity index (χ3n) is 3.60. The second-order valence-electron chi connectivity index (χ2n) is 4.57. The molecule has 14 heavy (non-hydrogen) atoms. The molecule has 3 aliphatic rings. The van der Waals surface area contributed by atoms with Crippen LogP contribution < -0.4 is 10.6 Å². The van der Waals surface area contributed by atoms with Crippen LogP contribution in [0.25, 0.3) is 0 Å². The normalized spacial score (nSPS) is 32.9. The second-order valence-corrected chi connectivity index (χ2v) is 4.57. The summed E-state index contributed by atoms with van der Waals surface area (Å²) in [7, 11) is 1.71. The van der Waals surface area contributed by atoms with Gasteiger partial charge in [-0.15, -0.1) is 0 Å². The third kappa shape index (κ3) is 0.938. The number of aliphatic imine (C=N–C) groups is 1. The highest BCUT2D eigenvalue weighted by molar-refractivity contribution is 6.09. The van der Waals surface area contributed by atoms with Gasteiger partial charge in [-0.05, 0) is 37.5 Å². The first kappa shape index (κ1) is 8.26. The minimum absolute atomic E-state index is 0.156. The Kier molecular flexibility index (Phi) is 1.47. The molecule has 4 nitrogen and oxygen atoms in total. The van der Waals surface area contributed by atoms with Crippen LogP contribution in [0.3, 0.4) is 0 Å². The lowest BCUT2D eigenvalue weighted by molar-refractivity contribution is -0.125. The number of rotatable bonds is 2. The van der Waals surface area contributed by atoms with Crippen molar-refractivity contribution in [3.63, 3.8) is 0 Å². The second kappa shape index (κ2) is 2.49. The Morgan fingerprint density at radius 1 is 1.29 bits per heavy atom. The minimum Gasteiger partial charge on any atom is -0.341 e. The van der Waals surface area contributed by atoms with E-state index in [2.05, 4.69) is 15.6 Å². The molecule has 1 amide bonds. The van der Waals surface area contributed by atoms with E-state index in [1.165, 1.54) is 25.7 Å². The van der Waals surface area contributed by atoms with Gasteiger partial charge in [0.2, 0.25) is 0 Å². The fourth-order valence-electron chi connectivity index (χ4n) is 2.59. The SMILES string of the molecule is CN=C1NC(=O)C(C2CC2)(C2CC2)N1. The molecule has 2 aliphatic carbocycles. The Labute approximate surface area is 83.2 Å². The van der Waals surface area contributed by atoms with E-state index < -0.39 is 0 Å². The summed E-state index contributed by atoms with van der Waals surface area (Å²) < 4.78 is 0. The molecule has 4 heteroatoms. The van der Waals surface area contributed by atoms with E-state index in [4.69, 9.17) is 0 Å². The molecule has 0 aromatic heterocycles. The molecule has 1 heterocycles. The summed E-state index contributed by atoms with van der Waals surface area (Å²) in [5.41, 5.74) is -0.283. The van der Waals surface area contributed by atoms with Gasteiger partial charge in [0, 0.05) is 7.05 Å². The van der Waals surface area contributed by atoms with E-state index >= 15 is 0 Å². The Hall–Kier alpha value is -1.06. The van der Waals surface area contributed by atoms with Crippen LogP contribution in [-0.2, 0) is 4.79 Å². The molecule has 1 aliphatic heterocycles. The van der Waals surface area contributed by atoms with Crippen molar-refractivity contribution in [2.75, 3.05) is 7.05 Å². The van der Waals surface area contributed by atoms with Crippen molar-refractivity contribution in [2.24, 2.45) is 16.8 Å². The Balaban J connectivity index is 1.95. The Morgan fingerprint density at radius 3 is 2.21 bits per heavy atom. The summed E-state index contributed by atoms with van der Waals surface area (Å²) in [5.74, 6) is 1.92. The van der Waals surface area contributed by atoms with Crippen molar-refractivity contribution in [2.45, 2.75) is 31.2 Å². The quantitative estimate of drug-likeness (QED) is 0.660. The van der Waals surface area contributed by atoms with Gasteiger partial charge in [-0.1, -0.05) is 0 Å². The van der Waals surface area contributed by atoms with E-state index in [0.29, 0.717) is 17.8 Å². The van der Waals surface area contributed by atoms with Gasteiger partial charge in [0.1, 0.15) is 5.54 Å². The van der Waals surface area contributed by atoms with Crippen LogP contribution in [0.2, 0.25) is 0 Å². The summed E-state index contributed by atoms with van der Waals surface area (Å²) in [6.45, 7) is 0. The number of carbonyl (C=O) groups excluding carboxylic acids is 1. The largest absolute Gasteiger partial charge is 0.341 e. The lowest BCUT2D eigenvalue weighted by atomic mass is 9.88. The number of hydrogen-bond acceptors (Lipinski definition) is 2. The number of guanidine groups is 1. The molecule has 0 unspecified atom stereocenters. The van der Waals surface area contributed by atoms with Crippen LogP contribution in [0.4, 0.5) is 0 Å². The molecule has 0 bridgehead atoms. The van der Waals surface area contributed by atoms with Gasteiger partial charge >= 0.3 is 0 Å². The van der Waals surface area contributed by atoms with Crippen LogP contribution in [-0.4, -0.2) is 24.5 Å². The van der Waals surface area contributed by atoms with Gasteiger partial charge in [0.25, 0.3) is 5.91 Å². The van der Waals surface area contributed by atoms with E-state index in [9.17, 15) is 4.79 Å². The van der Waals surface area contributed by atoms with Crippen LogP contribution in [0, 0.1) is 11.8 Å². The first-order chi connectivity index (χ1) is 6.77. The van der Waals surface area contributed by atoms with Crippen molar-refractivity contribution < 1.29 is 4.79 Å². The van der Waals surface area contributed by atoms with Crippen LogP contribution >= 0.6 is 0 Å². The number of nitrogens with zero attached hydrogens (tertiary/aromatic N) is 1. The average molecular weight is 193 g/mol. The lowest BCUT2D eigenvalue weighted by Gasteiger charge is -2.26. The fourth-order valence-corrected chi connectivity index (χ4v) is 2.59. The van der Waals surface area contributed by atoms with Crippen molar-refractivity contribution in [1.82, 2.24) is 10.6 Å². The van der Waals surface area contributed by atoms with Gasteiger partial charge in [-0.3, -0.25) is 15.1 Å². The number of carbonyl (C=O) groups is 1. The van der Waals surface area contributed by atoms with Gasteiger partial charge in [-0.2, -0.15) is 0 Å². The van der Waals surface area contributed by atoms with Crippen LogP contribution in [0.5, 0.6) is 0 Å². The molecule has 2 N–H and O–H groups in total. The predicted molar refractivity (Wildman–Crippen MR) is 52.8 cm³/mol. The Morgan fingerprint density at radius 2 is 1.86 bits per heavy atom. The van der Waals surface area contributed by atoms with Gasteiger partial charge in [0.05, 0.1) is 0 Å². The molecular formula is C10H15N3O. The maximum atomic E-state index is 12.0. The molecule has 2 saturated carbocycles. The summed E-state index contributed by atoms with van der Waals surface area (Å²) in [4.78, 5) is 16.0.